The van der Waals surface area contributed by atoms with Crippen molar-refractivity contribution in [1.29, 1.82) is 0 Å². The van der Waals surface area contributed by atoms with Gasteiger partial charge in [-0.3, -0.25) is 0 Å². The second-order valence-corrected chi connectivity index (χ2v) is 6.05. The van der Waals surface area contributed by atoms with Gasteiger partial charge in [0.25, 0.3) is 0 Å². The second-order valence-electron chi connectivity index (χ2n) is 4.34. The van der Waals surface area contributed by atoms with Gasteiger partial charge in [-0.15, -0.1) is 0 Å². The highest BCUT2D eigenvalue weighted by Crippen LogP contribution is 2.32. The molecule has 0 radical (unpaired) electrons. The summed E-state index contributed by atoms with van der Waals surface area (Å²) in [4.78, 5) is 0. The van der Waals surface area contributed by atoms with E-state index >= 15 is 0 Å². The Hall–Kier alpha value is -0.820. The molecule has 4 N–H and O–H groups in total. The van der Waals surface area contributed by atoms with E-state index in [1.807, 2.05) is 0 Å². The number of halogens is 4. The largest absolute Gasteiger partial charge is 0.322 e. The average molecular weight is 406 g/mol. The third-order valence-corrected chi connectivity index (χ3v) is 4.29. The summed E-state index contributed by atoms with van der Waals surface area (Å²) in [5, 5.41) is 0. The van der Waals surface area contributed by atoms with E-state index in [-0.39, 0.29) is 11.1 Å². The van der Waals surface area contributed by atoms with E-state index in [0.717, 1.165) is 0 Å². The first-order chi connectivity index (χ1) is 9.43. The topological polar surface area (TPSA) is 52.0 Å². The van der Waals surface area contributed by atoms with Crippen LogP contribution in [-0.4, -0.2) is 0 Å². The van der Waals surface area contributed by atoms with E-state index in [4.69, 9.17) is 11.5 Å². The van der Waals surface area contributed by atoms with E-state index in [1.165, 1.54) is 0 Å². The fraction of sp³-hybridized carbons (Fsp3) is 0.143. The maximum atomic E-state index is 14.0. The Balaban J connectivity index is 2.40. The van der Waals surface area contributed by atoms with Crippen molar-refractivity contribution in [1.82, 2.24) is 0 Å². The number of hydrogen-bond acceptors (Lipinski definition) is 2. The summed E-state index contributed by atoms with van der Waals surface area (Å²) in [5.74, 6) is -0.961. The molecule has 2 aromatic carbocycles. The predicted octanol–water partition coefficient (Wildman–Crippen LogP) is 4.19. The Morgan fingerprint density at radius 2 is 1.10 bits per heavy atom. The van der Waals surface area contributed by atoms with Crippen LogP contribution in [0.4, 0.5) is 8.78 Å². The summed E-state index contributed by atoms with van der Waals surface area (Å²) in [6.07, 6.45) is 0. The maximum absolute atomic E-state index is 14.0. The Labute approximate surface area is 132 Å². The molecule has 2 atom stereocenters. The van der Waals surface area contributed by atoms with Crippen LogP contribution in [0.25, 0.3) is 0 Å². The van der Waals surface area contributed by atoms with Crippen LogP contribution >= 0.6 is 31.9 Å². The van der Waals surface area contributed by atoms with Crippen molar-refractivity contribution in [3.05, 3.63) is 68.1 Å². The highest BCUT2D eigenvalue weighted by atomic mass is 79.9. The SMILES string of the molecule is NC(c1cccc(Br)c1F)C(N)c1cccc(Br)c1F. The van der Waals surface area contributed by atoms with Gasteiger partial charge in [0.2, 0.25) is 0 Å². The van der Waals surface area contributed by atoms with Crippen molar-refractivity contribution in [2.45, 2.75) is 12.1 Å². The van der Waals surface area contributed by atoms with Gasteiger partial charge in [0, 0.05) is 11.1 Å². The summed E-state index contributed by atoms with van der Waals surface area (Å²) < 4.78 is 28.6. The average Bonchev–Trinajstić information content (AvgIpc) is 2.43. The first kappa shape index (κ1) is 15.6. The zero-order valence-corrected chi connectivity index (χ0v) is 13.5. The third-order valence-electron chi connectivity index (χ3n) is 3.07. The molecule has 6 heteroatoms. The lowest BCUT2D eigenvalue weighted by Gasteiger charge is -2.22. The highest BCUT2D eigenvalue weighted by molar-refractivity contribution is 9.10. The fourth-order valence-electron chi connectivity index (χ4n) is 1.94. The summed E-state index contributed by atoms with van der Waals surface area (Å²) >= 11 is 6.19. The Kier molecular flexibility index (Phi) is 4.90. The van der Waals surface area contributed by atoms with Crippen LogP contribution in [0.5, 0.6) is 0 Å². The third kappa shape index (κ3) is 2.93. The molecule has 0 aromatic heterocycles. The van der Waals surface area contributed by atoms with Crippen LogP contribution in [0.1, 0.15) is 23.2 Å². The molecule has 0 aliphatic heterocycles. The molecule has 0 fully saturated rings. The van der Waals surface area contributed by atoms with Crippen molar-refractivity contribution in [2.75, 3.05) is 0 Å². The van der Waals surface area contributed by atoms with E-state index < -0.39 is 23.7 Å². The van der Waals surface area contributed by atoms with Crippen molar-refractivity contribution in [3.63, 3.8) is 0 Å². The van der Waals surface area contributed by atoms with E-state index in [0.29, 0.717) is 8.95 Å². The van der Waals surface area contributed by atoms with E-state index in [2.05, 4.69) is 31.9 Å². The molecular weight excluding hydrogens is 394 g/mol. The lowest BCUT2D eigenvalue weighted by Crippen LogP contribution is -2.28. The monoisotopic (exact) mass is 404 g/mol. The minimum Gasteiger partial charge on any atom is -0.322 e. The molecule has 2 unspecified atom stereocenters. The Morgan fingerprint density at radius 3 is 1.45 bits per heavy atom. The molecule has 0 spiro atoms. The van der Waals surface area contributed by atoms with Gasteiger partial charge in [0.05, 0.1) is 21.0 Å². The summed E-state index contributed by atoms with van der Waals surface area (Å²) in [7, 11) is 0. The zero-order valence-electron chi connectivity index (χ0n) is 10.3. The van der Waals surface area contributed by atoms with Gasteiger partial charge in [0.1, 0.15) is 11.6 Å². The fourth-order valence-corrected chi connectivity index (χ4v) is 2.71. The summed E-state index contributed by atoms with van der Waals surface area (Å²) in [6.45, 7) is 0. The number of hydrogen-bond donors (Lipinski definition) is 2. The van der Waals surface area contributed by atoms with Gasteiger partial charge in [-0.25, -0.2) is 8.78 Å². The Bertz CT molecular complexity index is 579. The molecule has 20 heavy (non-hydrogen) atoms. The van der Waals surface area contributed by atoms with Crippen LogP contribution in [0.2, 0.25) is 0 Å². The summed E-state index contributed by atoms with van der Waals surface area (Å²) in [6, 6.07) is 7.83. The van der Waals surface area contributed by atoms with Crippen molar-refractivity contribution >= 4 is 31.9 Å². The molecule has 0 saturated carbocycles. The van der Waals surface area contributed by atoms with Crippen LogP contribution in [-0.2, 0) is 0 Å². The van der Waals surface area contributed by atoms with Crippen LogP contribution < -0.4 is 11.5 Å². The smallest absolute Gasteiger partial charge is 0.142 e. The molecule has 0 bridgehead atoms. The van der Waals surface area contributed by atoms with Gasteiger partial charge in [-0.1, -0.05) is 24.3 Å². The molecule has 0 amide bonds. The minimum atomic E-state index is -0.851. The minimum absolute atomic E-state index is 0.242. The highest BCUT2D eigenvalue weighted by Gasteiger charge is 2.24. The van der Waals surface area contributed by atoms with Gasteiger partial charge < -0.3 is 11.5 Å². The lowest BCUT2D eigenvalue weighted by atomic mass is 9.94. The Morgan fingerprint density at radius 1 is 0.750 bits per heavy atom. The molecule has 2 aromatic rings. The molecule has 2 nitrogen and oxygen atoms in total. The van der Waals surface area contributed by atoms with Crippen LogP contribution in [0, 0.1) is 11.6 Å². The van der Waals surface area contributed by atoms with Crippen molar-refractivity contribution in [3.8, 4) is 0 Å². The van der Waals surface area contributed by atoms with Gasteiger partial charge in [-0.05, 0) is 44.0 Å². The van der Waals surface area contributed by atoms with Crippen molar-refractivity contribution < 1.29 is 8.78 Å². The van der Waals surface area contributed by atoms with Crippen LogP contribution in [0.3, 0.4) is 0 Å². The molecule has 0 aliphatic carbocycles. The molecule has 2 rings (SSSR count). The first-order valence-electron chi connectivity index (χ1n) is 5.82. The molecular formula is C14H12Br2F2N2. The van der Waals surface area contributed by atoms with Gasteiger partial charge in [-0.2, -0.15) is 0 Å². The molecule has 106 valence electrons. The van der Waals surface area contributed by atoms with Gasteiger partial charge >= 0.3 is 0 Å². The van der Waals surface area contributed by atoms with Crippen molar-refractivity contribution in [2.24, 2.45) is 11.5 Å². The molecule has 0 heterocycles. The second kappa shape index (κ2) is 6.30. The normalized spacial score (nSPS) is 14.1. The number of benzene rings is 2. The molecule has 0 saturated heterocycles. The van der Waals surface area contributed by atoms with E-state index in [9.17, 15) is 8.78 Å². The quantitative estimate of drug-likeness (QED) is 0.804. The standard InChI is InChI=1S/C14H12Br2F2N2/c15-9-5-1-3-7(11(9)17)13(19)14(20)8-4-2-6-10(16)12(8)18/h1-6,13-14H,19-20H2. The number of nitrogens with two attached hydrogens (primary N) is 2. The predicted molar refractivity (Wildman–Crippen MR) is 82.1 cm³/mol. The van der Waals surface area contributed by atoms with Crippen LogP contribution in [0.15, 0.2) is 45.3 Å². The summed E-state index contributed by atoms with van der Waals surface area (Å²) in [5.41, 5.74) is 12.5. The lowest BCUT2D eigenvalue weighted by molar-refractivity contribution is 0.499. The maximum Gasteiger partial charge on any atom is 0.142 e. The first-order valence-corrected chi connectivity index (χ1v) is 7.41. The van der Waals surface area contributed by atoms with Gasteiger partial charge in [0.15, 0.2) is 0 Å². The van der Waals surface area contributed by atoms with E-state index in [1.54, 1.807) is 36.4 Å². The zero-order chi connectivity index (χ0) is 14.9. The number of rotatable bonds is 3. The molecule has 0 aliphatic rings.